The van der Waals surface area contributed by atoms with Crippen LogP contribution in [0.5, 0.6) is 11.5 Å². The predicted molar refractivity (Wildman–Crippen MR) is 159 cm³/mol. The first kappa shape index (κ1) is 33.6. The minimum absolute atomic E-state index is 0.0164. The van der Waals surface area contributed by atoms with E-state index in [4.69, 9.17) is 18.9 Å². The Balaban J connectivity index is 2.23. The lowest BCUT2D eigenvalue weighted by atomic mass is 9.76. The molecule has 224 valence electrons. The van der Waals surface area contributed by atoms with E-state index in [0.29, 0.717) is 11.5 Å². The second-order valence-corrected chi connectivity index (χ2v) is 11.0. The zero-order valence-corrected chi connectivity index (χ0v) is 25.0. The lowest BCUT2D eigenvalue weighted by Crippen LogP contribution is -2.25. The van der Waals surface area contributed by atoms with Gasteiger partial charge in [-0.25, -0.2) is 9.59 Å². The third kappa shape index (κ3) is 9.76. The minimum Gasteiger partial charge on any atom is -0.490 e. The van der Waals surface area contributed by atoms with Gasteiger partial charge in [0.25, 0.3) is 0 Å². The summed E-state index contributed by atoms with van der Waals surface area (Å²) in [5, 5.41) is 20.3. The predicted octanol–water partition coefficient (Wildman–Crippen LogP) is 5.20. The Bertz CT molecular complexity index is 1110. The van der Waals surface area contributed by atoms with Crippen LogP contribution in [0.1, 0.15) is 75.6 Å². The lowest BCUT2D eigenvalue weighted by Gasteiger charge is -2.29. The maximum Gasteiger partial charge on any atom is 0.330 e. The first-order valence-electron chi connectivity index (χ1n) is 13.8. The number of hydrogen-bond acceptors (Lipinski definition) is 8. The molecular weight excluding hydrogens is 524 g/mol. The number of benzene rings is 2. The van der Waals surface area contributed by atoms with E-state index in [9.17, 15) is 19.8 Å². The summed E-state index contributed by atoms with van der Waals surface area (Å²) in [5.41, 5.74) is 3.83. The molecule has 2 unspecified atom stereocenters. The number of carbonyl (C=O) groups is 2. The first-order valence-corrected chi connectivity index (χ1v) is 13.8. The fourth-order valence-electron chi connectivity index (χ4n) is 4.15. The topological polar surface area (TPSA) is 112 Å². The molecule has 2 aromatic carbocycles. The van der Waals surface area contributed by atoms with Crippen molar-refractivity contribution in [1.82, 2.24) is 0 Å². The summed E-state index contributed by atoms with van der Waals surface area (Å²) in [6.07, 6.45) is 0.167. The maximum atomic E-state index is 11.2. The Hall–Kier alpha value is -3.62. The van der Waals surface area contributed by atoms with Crippen molar-refractivity contribution in [2.24, 2.45) is 0 Å². The molecule has 0 amide bonds. The van der Waals surface area contributed by atoms with Gasteiger partial charge in [0.2, 0.25) is 0 Å². The maximum absolute atomic E-state index is 11.2. The smallest absolute Gasteiger partial charge is 0.330 e. The molecule has 0 heterocycles. The number of carbonyl (C=O) groups excluding carboxylic acids is 2. The van der Waals surface area contributed by atoms with E-state index in [-0.39, 0.29) is 43.7 Å². The molecule has 2 N–H and O–H groups in total. The van der Waals surface area contributed by atoms with Crippen molar-refractivity contribution in [3.05, 3.63) is 84.0 Å². The van der Waals surface area contributed by atoms with E-state index < -0.39 is 24.1 Å². The van der Waals surface area contributed by atoms with Crippen molar-refractivity contribution in [3.8, 4) is 11.5 Å². The second kappa shape index (κ2) is 15.4. The fourth-order valence-corrected chi connectivity index (χ4v) is 4.15. The average Bonchev–Trinajstić information content (AvgIpc) is 2.95. The standard InChI is InChI=1S/C33H44O8/c1-9-31(36)40-19-25(34)17-38-29-13-11-23(15-27(29)21(3)4)33(7,8)24-12-14-30(28(16-24)22(5)6)39-18-26(35)20-41-32(37)10-2/h9-16,21-22,25-26,34-35H,1-2,17-20H2,3-8H3. The highest BCUT2D eigenvalue weighted by atomic mass is 16.6. The van der Waals surface area contributed by atoms with Crippen molar-refractivity contribution in [2.45, 2.75) is 71.0 Å². The Morgan fingerprint density at radius 1 is 0.732 bits per heavy atom. The van der Waals surface area contributed by atoms with Crippen LogP contribution in [0.15, 0.2) is 61.7 Å². The van der Waals surface area contributed by atoms with Gasteiger partial charge in [-0.2, -0.15) is 0 Å². The number of aliphatic hydroxyl groups is 2. The van der Waals surface area contributed by atoms with Gasteiger partial charge >= 0.3 is 11.9 Å². The van der Waals surface area contributed by atoms with E-state index in [1.54, 1.807) is 0 Å². The van der Waals surface area contributed by atoms with Crippen molar-refractivity contribution in [3.63, 3.8) is 0 Å². The summed E-state index contributed by atoms with van der Waals surface area (Å²) >= 11 is 0. The summed E-state index contributed by atoms with van der Waals surface area (Å²) < 4.78 is 21.6. The van der Waals surface area contributed by atoms with Gasteiger partial charge in [-0.1, -0.05) is 79.0 Å². The summed E-state index contributed by atoms with van der Waals surface area (Å²) in [6, 6.07) is 12.1. The summed E-state index contributed by atoms with van der Waals surface area (Å²) in [5.74, 6) is 0.465. The zero-order valence-electron chi connectivity index (χ0n) is 25.0. The van der Waals surface area contributed by atoms with E-state index in [1.807, 2.05) is 24.3 Å². The molecule has 8 nitrogen and oxygen atoms in total. The Kier molecular flexibility index (Phi) is 12.6. The third-order valence-electron chi connectivity index (χ3n) is 6.74. The van der Waals surface area contributed by atoms with Crippen molar-refractivity contribution < 1.29 is 38.7 Å². The summed E-state index contributed by atoms with van der Waals surface area (Å²) in [4.78, 5) is 22.5. The largest absolute Gasteiger partial charge is 0.490 e. The van der Waals surface area contributed by atoms with Crippen LogP contribution >= 0.6 is 0 Å². The molecular formula is C33H44O8. The molecule has 0 aromatic heterocycles. The third-order valence-corrected chi connectivity index (χ3v) is 6.74. The van der Waals surface area contributed by atoms with E-state index >= 15 is 0 Å². The highest BCUT2D eigenvalue weighted by Crippen LogP contribution is 2.39. The van der Waals surface area contributed by atoms with Crippen LogP contribution in [0.3, 0.4) is 0 Å². The van der Waals surface area contributed by atoms with Crippen LogP contribution in [-0.2, 0) is 24.5 Å². The van der Waals surface area contributed by atoms with Crippen molar-refractivity contribution in [2.75, 3.05) is 26.4 Å². The molecule has 0 saturated heterocycles. The molecule has 0 saturated carbocycles. The SMILES string of the molecule is C=CC(=O)OCC(O)COc1ccc(C(C)(C)c2ccc(OCC(O)COC(=O)C=C)c(C(C)C)c2)cc1C(C)C. The lowest BCUT2D eigenvalue weighted by molar-refractivity contribution is -0.142. The van der Waals surface area contributed by atoms with Gasteiger partial charge in [-0.05, 0) is 46.2 Å². The van der Waals surface area contributed by atoms with Gasteiger partial charge in [-0.15, -0.1) is 0 Å². The van der Waals surface area contributed by atoms with E-state index in [0.717, 1.165) is 34.4 Å². The second-order valence-electron chi connectivity index (χ2n) is 11.0. The molecule has 2 aromatic rings. The van der Waals surface area contributed by atoms with Crippen LogP contribution in [0.2, 0.25) is 0 Å². The number of aliphatic hydroxyl groups excluding tert-OH is 2. The number of ether oxygens (including phenoxy) is 4. The molecule has 0 radical (unpaired) electrons. The molecule has 41 heavy (non-hydrogen) atoms. The first-order chi connectivity index (χ1) is 19.3. The van der Waals surface area contributed by atoms with Crippen LogP contribution in [-0.4, -0.2) is 60.8 Å². The number of rotatable bonds is 16. The van der Waals surface area contributed by atoms with Gasteiger partial charge in [0.15, 0.2) is 0 Å². The summed E-state index contributed by atoms with van der Waals surface area (Å²) in [6.45, 7) is 18.9. The Labute approximate surface area is 243 Å². The molecule has 8 heteroatoms. The molecule has 0 fully saturated rings. The quantitative estimate of drug-likeness (QED) is 0.210. The Morgan fingerprint density at radius 2 is 1.10 bits per heavy atom. The molecule has 0 bridgehead atoms. The molecule has 0 spiro atoms. The van der Waals surface area contributed by atoms with Gasteiger partial charge in [0, 0.05) is 17.6 Å². The Morgan fingerprint density at radius 3 is 1.41 bits per heavy atom. The van der Waals surface area contributed by atoms with Gasteiger partial charge in [0.05, 0.1) is 0 Å². The molecule has 0 aliphatic heterocycles. The molecule has 2 atom stereocenters. The number of hydrogen-bond donors (Lipinski definition) is 2. The monoisotopic (exact) mass is 568 g/mol. The highest BCUT2D eigenvalue weighted by Gasteiger charge is 2.27. The average molecular weight is 569 g/mol. The van der Waals surface area contributed by atoms with Crippen LogP contribution in [0, 0.1) is 0 Å². The fraction of sp³-hybridized carbons (Fsp3) is 0.455. The van der Waals surface area contributed by atoms with E-state index in [1.165, 1.54) is 0 Å². The van der Waals surface area contributed by atoms with Crippen LogP contribution in [0.25, 0.3) is 0 Å². The summed E-state index contributed by atoms with van der Waals surface area (Å²) in [7, 11) is 0. The van der Waals surface area contributed by atoms with Crippen molar-refractivity contribution >= 4 is 11.9 Å². The van der Waals surface area contributed by atoms with E-state index in [2.05, 4.69) is 66.8 Å². The van der Waals surface area contributed by atoms with Gasteiger partial charge in [-0.3, -0.25) is 0 Å². The zero-order chi connectivity index (χ0) is 30.7. The highest BCUT2D eigenvalue weighted by molar-refractivity contribution is 5.81. The van der Waals surface area contributed by atoms with Gasteiger partial charge < -0.3 is 29.2 Å². The number of esters is 2. The minimum atomic E-state index is -0.964. The normalized spacial score (nSPS) is 12.9. The molecule has 0 aliphatic carbocycles. The van der Waals surface area contributed by atoms with Gasteiger partial charge in [0.1, 0.15) is 50.1 Å². The van der Waals surface area contributed by atoms with Crippen LogP contribution < -0.4 is 9.47 Å². The van der Waals surface area contributed by atoms with Crippen LogP contribution in [0.4, 0.5) is 0 Å². The molecule has 2 rings (SSSR count). The van der Waals surface area contributed by atoms with Crippen molar-refractivity contribution in [1.29, 1.82) is 0 Å². The molecule has 0 aliphatic rings.